The van der Waals surface area contributed by atoms with Crippen LogP contribution in [0.3, 0.4) is 0 Å². The van der Waals surface area contributed by atoms with Crippen LogP contribution in [0.5, 0.6) is 5.75 Å². The molecule has 0 saturated carbocycles. The molecule has 0 fully saturated rings. The second kappa shape index (κ2) is 9.41. The van der Waals surface area contributed by atoms with Crippen LogP contribution in [0.2, 0.25) is 5.02 Å². The summed E-state index contributed by atoms with van der Waals surface area (Å²) in [6, 6.07) is 18.2. The summed E-state index contributed by atoms with van der Waals surface area (Å²) in [5.74, 6) is 0.251. The third-order valence-corrected chi connectivity index (χ3v) is 6.36. The monoisotopic (exact) mass is 458 g/mol. The Hall–Kier alpha value is -3.03. The van der Waals surface area contributed by atoms with E-state index in [-0.39, 0.29) is 10.8 Å². The van der Waals surface area contributed by atoms with Crippen LogP contribution < -0.4 is 14.8 Å². The molecular weight excluding hydrogens is 436 g/mol. The standard InChI is InChI=1S/C23H23ClN2O4S/c1-15-4-10-20(11-5-15)30-17(3)23(27)25-18-8-12-21(13-9-18)31(28,29)26-19-7-6-16(2)22(24)14-19/h4-14,17,26H,1-3H3,(H,25,27)/t17-/m0/s1. The maximum absolute atomic E-state index is 12.6. The van der Waals surface area contributed by atoms with Gasteiger partial charge in [0.15, 0.2) is 6.10 Å². The van der Waals surface area contributed by atoms with Gasteiger partial charge in [-0.2, -0.15) is 0 Å². The fourth-order valence-corrected chi connectivity index (χ4v) is 3.94. The van der Waals surface area contributed by atoms with E-state index >= 15 is 0 Å². The molecular formula is C23H23ClN2O4S. The minimum Gasteiger partial charge on any atom is -0.481 e. The second-order valence-electron chi connectivity index (χ2n) is 7.16. The molecule has 6 nitrogen and oxygen atoms in total. The fraction of sp³-hybridized carbons (Fsp3) is 0.174. The van der Waals surface area contributed by atoms with Gasteiger partial charge in [-0.3, -0.25) is 9.52 Å². The van der Waals surface area contributed by atoms with Gasteiger partial charge in [-0.1, -0.05) is 35.4 Å². The van der Waals surface area contributed by atoms with Crippen molar-refractivity contribution in [2.24, 2.45) is 0 Å². The van der Waals surface area contributed by atoms with Crippen molar-refractivity contribution in [3.8, 4) is 5.75 Å². The topological polar surface area (TPSA) is 84.5 Å². The van der Waals surface area contributed by atoms with Crippen LogP contribution >= 0.6 is 11.6 Å². The van der Waals surface area contributed by atoms with Gasteiger partial charge in [-0.15, -0.1) is 0 Å². The van der Waals surface area contributed by atoms with Crippen molar-refractivity contribution in [3.05, 3.63) is 82.9 Å². The number of benzene rings is 3. The van der Waals surface area contributed by atoms with E-state index in [0.717, 1.165) is 11.1 Å². The molecule has 162 valence electrons. The van der Waals surface area contributed by atoms with Crippen molar-refractivity contribution in [3.63, 3.8) is 0 Å². The van der Waals surface area contributed by atoms with Gasteiger partial charge in [-0.25, -0.2) is 8.42 Å². The van der Waals surface area contributed by atoms with E-state index in [9.17, 15) is 13.2 Å². The number of hydrogen-bond acceptors (Lipinski definition) is 4. The Kier molecular flexibility index (Phi) is 6.87. The summed E-state index contributed by atoms with van der Waals surface area (Å²) < 4.78 is 33.3. The molecule has 0 spiro atoms. The lowest BCUT2D eigenvalue weighted by Gasteiger charge is -2.15. The van der Waals surface area contributed by atoms with Crippen molar-refractivity contribution >= 4 is 38.9 Å². The number of amides is 1. The van der Waals surface area contributed by atoms with Crippen molar-refractivity contribution in [2.45, 2.75) is 31.8 Å². The Morgan fingerprint density at radius 3 is 2.16 bits per heavy atom. The lowest BCUT2D eigenvalue weighted by Crippen LogP contribution is -2.30. The molecule has 0 aliphatic heterocycles. The number of halogens is 1. The molecule has 0 unspecified atom stereocenters. The van der Waals surface area contributed by atoms with E-state index in [1.807, 2.05) is 26.0 Å². The normalized spacial score (nSPS) is 12.1. The first kappa shape index (κ1) is 22.7. The van der Waals surface area contributed by atoms with Crippen LogP contribution in [0.25, 0.3) is 0 Å². The lowest BCUT2D eigenvalue weighted by atomic mass is 10.2. The van der Waals surface area contributed by atoms with Crippen molar-refractivity contribution in [1.82, 2.24) is 0 Å². The molecule has 2 N–H and O–H groups in total. The number of anilines is 2. The molecule has 31 heavy (non-hydrogen) atoms. The summed E-state index contributed by atoms with van der Waals surface area (Å²) >= 11 is 6.06. The van der Waals surface area contributed by atoms with E-state index < -0.39 is 16.1 Å². The zero-order chi connectivity index (χ0) is 22.6. The van der Waals surface area contributed by atoms with Crippen molar-refractivity contribution in [2.75, 3.05) is 10.0 Å². The predicted octanol–water partition coefficient (Wildman–Crippen LogP) is 5.16. The fourth-order valence-electron chi connectivity index (χ4n) is 2.71. The number of sulfonamides is 1. The molecule has 0 aliphatic rings. The first-order chi connectivity index (χ1) is 14.6. The minimum absolute atomic E-state index is 0.0613. The zero-order valence-corrected chi connectivity index (χ0v) is 18.9. The smallest absolute Gasteiger partial charge is 0.265 e. The summed E-state index contributed by atoms with van der Waals surface area (Å²) in [6.45, 7) is 5.44. The molecule has 0 radical (unpaired) electrons. The summed E-state index contributed by atoms with van der Waals surface area (Å²) in [4.78, 5) is 12.4. The molecule has 0 aliphatic carbocycles. The van der Waals surface area contributed by atoms with Gasteiger partial charge >= 0.3 is 0 Å². The van der Waals surface area contributed by atoms with E-state index in [4.69, 9.17) is 16.3 Å². The van der Waals surface area contributed by atoms with Crippen LogP contribution in [-0.4, -0.2) is 20.4 Å². The minimum atomic E-state index is -3.79. The van der Waals surface area contributed by atoms with Gasteiger partial charge in [-0.05, 0) is 74.9 Å². The van der Waals surface area contributed by atoms with Gasteiger partial charge in [0.05, 0.1) is 10.6 Å². The zero-order valence-electron chi connectivity index (χ0n) is 17.3. The van der Waals surface area contributed by atoms with Crippen LogP contribution in [-0.2, 0) is 14.8 Å². The molecule has 0 bridgehead atoms. The molecule has 0 aromatic heterocycles. The summed E-state index contributed by atoms with van der Waals surface area (Å²) in [5, 5.41) is 3.19. The number of aryl methyl sites for hydroxylation is 2. The van der Waals surface area contributed by atoms with E-state index in [2.05, 4.69) is 10.0 Å². The van der Waals surface area contributed by atoms with Crippen LogP contribution in [0.15, 0.2) is 71.6 Å². The maximum Gasteiger partial charge on any atom is 0.265 e. The van der Waals surface area contributed by atoms with E-state index in [1.54, 1.807) is 37.3 Å². The number of carbonyl (C=O) groups excluding carboxylic acids is 1. The molecule has 3 aromatic rings. The first-order valence-electron chi connectivity index (χ1n) is 9.57. The average Bonchev–Trinajstić information content (AvgIpc) is 2.72. The Morgan fingerprint density at radius 1 is 0.935 bits per heavy atom. The Bertz CT molecular complexity index is 1180. The molecule has 1 amide bonds. The van der Waals surface area contributed by atoms with Crippen LogP contribution in [0.4, 0.5) is 11.4 Å². The summed E-state index contributed by atoms with van der Waals surface area (Å²) in [6.07, 6.45) is -0.723. The highest BCUT2D eigenvalue weighted by molar-refractivity contribution is 7.92. The highest BCUT2D eigenvalue weighted by Gasteiger charge is 2.17. The molecule has 0 heterocycles. The highest BCUT2D eigenvalue weighted by atomic mass is 35.5. The number of rotatable bonds is 7. The quantitative estimate of drug-likeness (QED) is 0.512. The largest absolute Gasteiger partial charge is 0.481 e. The van der Waals surface area contributed by atoms with Gasteiger partial charge in [0.1, 0.15) is 5.75 Å². The van der Waals surface area contributed by atoms with E-state index in [0.29, 0.717) is 22.1 Å². The Morgan fingerprint density at radius 2 is 1.55 bits per heavy atom. The van der Waals surface area contributed by atoms with Gasteiger partial charge < -0.3 is 10.1 Å². The highest BCUT2D eigenvalue weighted by Crippen LogP contribution is 2.23. The summed E-state index contributed by atoms with van der Waals surface area (Å²) in [7, 11) is -3.79. The number of carbonyl (C=O) groups is 1. The van der Waals surface area contributed by atoms with Crippen LogP contribution in [0, 0.1) is 13.8 Å². The van der Waals surface area contributed by atoms with Crippen LogP contribution in [0.1, 0.15) is 18.1 Å². The Balaban J connectivity index is 1.63. The van der Waals surface area contributed by atoms with Gasteiger partial charge in [0.25, 0.3) is 15.9 Å². The van der Waals surface area contributed by atoms with Gasteiger partial charge in [0, 0.05) is 10.7 Å². The molecule has 1 atom stereocenters. The van der Waals surface area contributed by atoms with E-state index in [1.165, 1.54) is 24.3 Å². The van der Waals surface area contributed by atoms with Crippen molar-refractivity contribution in [1.29, 1.82) is 0 Å². The first-order valence-corrected chi connectivity index (χ1v) is 11.4. The van der Waals surface area contributed by atoms with Crippen molar-refractivity contribution < 1.29 is 17.9 Å². The van der Waals surface area contributed by atoms with Gasteiger partial charge in [0.2, 0.25) is 0 Å². The average molecular weight is 459 g/mol. The SMILES string of the molecule is Cc1ccc(O[C@@H](C)C(=O)Nc2ccc(S(=O)(=O)Nc3ccc(C)c(Cl)c3)cc2)cc1. The molecule has 3 rings (SSSR count). The molecule has 3 aromatic carbocycles. The third kappa shape index (κ3) is 5.99. The predicted molar refractivity (Wildman–Crippen MR) is 123 cm³/mol. The third-order valence-electron chi connectivity index (χ3n) is 4.56. The molecule has 0 saturated heterocycles. The number of ether oxygens (including phenoxy) is 1. The maximum atomic E-state index is 12.6. The lowest BCUT2D eigenvalue weighted by molar-refractivity contribution is -0.122. The number of hydrogen-bond donors (Lipinski definition) is 2. The number of nitrogens with one attached hydrogen (secondary N) is 2. The second-order valence-corrected chi connectivity index (χ2v) is 9.25. The summed E-state index contributed by atoms with van der Waals surface area (Å²) in [5.41, 5.74) is 2.78. The molecule has 8 heteroatoms. The Labute approximate surface area is 187 Å².